The molecule has 402 valence electrons. The van der Waals surface area contributed by atoms with Crippen LogP contribution in [0.25, 0.3) is 0 Å². The molecule has 0 radical (unpaired) electrons. The summed E-state index contributed by atoms with van der Waals surface area (Å²) in [5.74, 6) is -2.77. The number of carbonyl (C=O) groups excluding carboxylic acids is 1. The second-order valence-corrected chi connectivity index (χ2v) is 22.2. The number of aryl methyl sites for hydroxylation is 1. The van der Waals surface area contributed by atoms with E-state index >= 15 is 0 Å². The Bertz CT molecular complexity index is 2060. The third kappa shape index (κ3) is 13.4. The van der Waals surface area contributed by atoms with Crippen LogP contribution >= 0.6 is 0 Å². The van der Waals surface area contributed by atoms with Crippen molar-refractivity contribution in [3.05, 3.63) is 47.3 Å². The highest BCUT2D eigenvalue weighted by Crippen LogP contribution is 2.40. The summed E-state index contributed by atoms with van der Waals surface area (Å²) in [5, 5.41) is 72.9. The van der Waals surface area contributed by atoms with Crippen molar-refractivity contribution >= 4 is 11.7 Å². The van der Waals surface area contributed by atoms with Crippen LogP contribution in [0.4, 0.5) is 0 Å². The van der Waals surface area contributed by atoms with Gasteiger partial charge in [-0.2, -0.15) is 0 Å². The molecule has 5 heterocycles. The summed E-state index contributed by atoms with van der Waals surface area (Å²) in [6, 6.07) is 7.24. The van der Waals surface area contributed by atoms with Gasteiger partial charge in [0.15, 0.2) is 18.7 Å². The zero-order valence-corrected chi connectivity index (χ0v) is 44.7. The molecule has 0 saturated carbocycles. The Morgan fingerprint density at radius 1 is 0.958 bits per heavy atom. The van der Waals surface area contributed by atoms with E-state index in [1.165, 1.54) is 19.6 Å². The number of methoxy groups -OCH3 is 1. The van der Waals surface area contributed by atoms with Crippen LogP contribution in [-0.2, 0) is 51.0 Å². The number of carbonyl (C=O) groups is 1. The average molecular weight is 1000 g/mol. The highest BCUT2D eigenvalue weighted by molar-refractivity contribution is 6.01. The van der Waals surface area contributed by atoms with Gasteiger partial charge in [0.25, 0.3) is 0 Å². The maximum atomic E-state index is 14.5. The minimum Gasteiger partial charge on any atom is -0.459 e. The summed E-state index contributed by atoms with van der Waals surface area (Å²) in [6.45, 7) is 21.1. The van der Waals surface area contributed by atoms with Crippen molar-refractivity contribution in [2.45, 2.75) is 218 Å². The number of benzene rings is 1. The molecule has 0 aliphatic carbocycles. The molecule has 1 aromatic heterocycles. The van der Waals surface area contributed by atoms with Gasteiger partial charge >= 0.3 is 5.97 Å². The van der Waals surface area contributed by atoms with Gasteiger partial charge < -0.3 is 68.6 Å². The zero-order chi connectivity index (χ0) is 52.3. The standard InChI is InChI=1S/C52H86N6O13/c1-15-41-52(11,64)45(60)34(7)57(13)26-30(3)24-50(9,63)47(32(5)44(33(6)48(62)68-41)69-42-25-51(10,65-14)46(61)35(8)67-42)70-49-43(59)40(22-31(4)66-49)56(12)21-20-37-27-58(55-53-37)28-38-23-39(54-71-38)36-18-16-29(2)17-19-36/h16-19,27,30-35,38,40-47,49,59-61,63-64H,15,20-26,28H2,1-14H3/t30-,31-,32+,33-,34-,35+,38?,40+,41-,42+,43-,44+,45-,46+,47-,49+,50-,51-,52-/m1/s1. The number of oxime groups is 1. The summed E-state index contributed by atoms with van der Waals surface area (Å²) in [6.07, 6.45) is -6.04. The zero-order valence-electron chi connectivity index (χ0n) is 44.7. The van der Waals surface area contributed by atoms with Crippen molar-refractivity contribution < 1.29 is 63.6 Å². The molecule has 71 heavy (non-hydrogen) atoms. The quantitative estimate of drug-likeness (QED) is 0.181. The van der Waals surface area contributed by atoms with Crippen molar-refractivity contribution in [3.8, 4) is 0 Å². The molecule has 19 atom stereocenters. The fourth-order valence-corrected chi connectivity index (χ4v) is 11.3. The average Bonchev–Trinajstić information content (AvgIpc) is 3.99. The molecule has 2 aromatic rings. The smallest absolute Gasteiger partial charge is 0.311 e. The summed E-state index contributed by atoms with van der Waals surface area (Å²) >= 11 is 0. The number of aliphatic hydroxyl groups is 5. The van der Waals surface area contributed by atoms with Crippen LogP contribution in [0.15, 0.2) is 35.6 Å². The number of likely N-dealkylation sites (N-methyl/N-ethyl adjacent to an activating group) is 2. The minimum absolute atomic E-state index is 0.104. The van der Waals surface area contributed by atoms with Gasteiger partial charge in [-0.15, -0.1) is 5.10 Å². The lowest BCUT2D eigenvalue weighted by molar-refractivity contribution is -0.318. The Morgan fingerprint density at radius 3 is 2.31 bits per heavy atom. The predicted octanol–water partition coefficient (Wildman–Crippen LogP) is 3.61. The van der Waals surface area contributed by atoms with Gasteiger partial charge in [0, 0.05) is 63.7 Å². The molecule has 6 rings (SSSR count). The number of esters is 1. The van der Waals surface area contributed by atoms with E-state index in [0.717, 1.165) is 17.0 Å². The number of nitrogens with zero attached hydrogens (tertiary/aromatic N) is 6. The fraction of sp³-hybridized carbons (Fsp3) is 0.808. The molecule has 19 nitrogen and oxygen atoms in total. The van der Waals surface area contributed by atoms with Crippen LogP contribution in [0, 0.1) is 24.7 Å². The Hall–Kier alpha value is -3.18. The van der Waals surface area contributed by atoms with Crippen LogP contribution in [-0.4, -0.2) is 193 Å². The largest absolute Gasteiger partial charge is 0.459 e. The molecule has 4 aliphatic heterocycles. The second kappa shape index (κ2) is 23.6. The van der Waals surface area contributed by atoms with E-state index in [1.54, 1.807) is 46.2 Å². The molecule has 3 saturated heterocycles. The van der Waals surface area contributed by atoms with Gasteiger partial charge in [-0.25, -0.2) is 4.68 Å². The highest BCUT2D eigenvalue weighted by Gasteiger charge is 2.53. The highest BCUT2D eigenvalue weighted by atomic mass is 16.7. The van der Waals surface area contributed by atoms with Crippen molar-refractivity contribution in [3.63, 3.8) is 0 Å². The SMILES string of the molecule is CC[C@H]1OC(=O)[C@H](C)[C@@H](O[C@H]2C[C@@](C)(OC)[C@@H](O)[C@H](C)O2)[C@H](C)[C@@H](O[C@@H]2O[C@H](C)C[C@H](N(C)CCc3cn(CC4CC(c5ccc(C)cc5)=NO4)nn3)[C@H]2O)[C@](C)(O)C[C@@H](C)CN(C)[C@H](C)[C@@H](O)[C@]1(C)O. The third-order valence-corrected chi connectivity index (χ3v) is 15.9. The first-order valence-electron chi connectivity index (χ1n) is 25.7. The van der Waals surface area contributed by atoms with E-state index in [9.17, 15) is 30.3 Å². The number of hydrogen-bond acceptors (Lipinski definition) is 18. The summed E-state index contributed by atoms with van der Waals surface area (Å²) < 4.78 is 40.1. The molecule has 4 aliphatic rings. The molecule has 1 unspecified atom stereocenters. The van der Waals surface area contributed by atoms with Crippen molar-refractivity contribution in [2.75, 3.05) is 34.3 Å². The third-order valence-electron chi connectivity index (χ3n) is 15.9. The Kier molecular flexibility index (Phi) is 19.0. The Labute approximate surface area is 421 Å². The topological polar surface area (TPSA) is 232 Å². The van der Waals surface area contributed by atoms with E-state index in [4.69, 9.17) is 33.3 Å². The van der Waals surface area contributed by atoms with E-state index in [-0.39, 0.29) is 37.4 Å². The normalized spacial score (nSPS) is 41.5. The number of cyclic esters (lactones) is 1. The molecule has 1 aromatic carbocycles. The van der Waals surface area contributed by atoms with E-state index in [0.29, 0.717) is 38.9 Å². The van der Waals surface area contributed by atoms with E-state index in [2.05, 4.69) is 51.6 Å². The fourth-order valence-electron chi connectivity index (χ4n) is 11.3. The number of hydrogen-bond donors (Lipinski definition) is 5. The van der Waals surface area contributed by atoms with Crippen LogP contribution in [0.5, 0.6) is 0 Å². The Balaban J connectivity index is 1.23. The van der Waals surface area contributed by atoms with Gasteiger partial charge in [-0.1, -0.05) is 61.0 Å². The van der Waals surface area contributed by atoms with Gasteiger partial charge in [-0.3, -0.25) is 4.79 Å². The number of aliphatic hydroxyl groups excluding tert-OH is 3. The lowest BCUT2D eigenvalue weighted by Crippen LogP contribution is -2.61. The van der Waals surface area contributed by atoms with Gasteiger partial charge in [-0.05, 0) is 100 Å². The number of ether oxygens (including phenoxy) is 6. The van der Waals surface area contributed by atoms with Crippen LogP contribution < -0.4 is 0 Å². The molecule has 0 amide bonds. The maximum Gasteiger partial charge on any atom is 0.311 e. The van der Waals surface area contributed by atoms with Gasteiger partial charge in [0.1, 0.15) is 30.0 Å². The van der Waals surface area contributed by atoms with Gasteiger partial charge in [0.05, 0.1) is 59.5 Å². The minimum atomic E-state index is -1.83. The maximum absolute atomic E-state index is 14.5. The van der Waals surface area contributed by atoms with Crippen molar-refractivity contribution in [1.82, 2.24) is 24.8 Å². The van der Waals surface area contributed by atoms with Crippen LogP contribution in [0.1, 0.15) is 118 Å². The number of rotatable bonds is 13. The van der Waals surface area contributed by atoms with Crippen molar-refractivity contribution in [1.29, 1.82) is 0 Å². The van der Waals surface area contributed by atoms with E-state index < -0.39 is 102 Å². The summed E-state index contributed by atoms with van der Waals surface area (Å²) in [7, 11) is 5.29. The number of aromatic nitrogens is 3. The van der Waals surface area contributed by atoms with Crippen LogP contribution in [0.3, 0.4) is 0 Å². The summed E-state index contributed by atoms with van der Waals surface area (Å²) in [5.41, 5.74) is -0.612. The molecule has 19 heteroatoms. The monoisotopic (exact) mass is 1000 g/mol. The first-order chi connectivity index (χ1) is 33.3. The molecule has 5 N–H and O–H groups in total. The molecular weight excluding hydrogens is 917 g/mol. The lowest BCUT2D eigenvalue weighted by Gasteiger charge is -2.49. The van der Waals surface area contributed by atoms with Crippen molar-refractivity contribution in [2.24, 2.45) is 22.9 Å². The summed E-state index contributed by atoms with van der Waals surface area (Å²) in [4.78, 5) is 24.2. The molecule has 3 fully saturated rings. The van der Waals surface area contributed by atoms with Gasteiger partial charge in [0.2, 0.25) is 0 Å². The Morgan fingerprint density at radius 2 is 1.65 bits per heavy atom. The molecular formula is C52H86N6O13. The first kappa shape index (κ1) is 57.1. The van der Waals surface area contributed by atoms with Crippen LogP contribution in [0.2, 0.25) is 0 Å². The predicted molar refractivity (Wildman–Crippen MR) is 264 cm³/mol. The second-order valence-electron chi connectivity index (χ2n) is 22.2. The van der Waals surface area contributed by atoms with E-state index in [1.807, 2.05) is 46.0 Å². The molecule has 0 spiro atoms. The first-order valence-corrected chi connectivity index (χ1v) is 25.7. The lowest BCUT2D eigenvalue weighted by atomic mass is 9.77. The molecule has 0 bridgehead atoms.